The Balaban J connectivity index is 1.09. The SMILES string of the molecule is c1ccc(-c2ccc(-c3ccc(N(c4ccc(-c5cc6ccccc6c6ccc7ccccc7c56)cc4)c4ccccc4-c4ccccc4)cc3)cc2)cc1. The molecular weight excluding hydrogens is 663 g/mol. The summed E-state index contributed by atoms with van der Waals surface area (Å²) < 4.78 is 0. The van der Waals surface area contributed by atoms with Gasteiger partial charge in [0.15, 0.2) is 0 Å². The van der Waals surface area contributed by atoms with Crippen molar-refractivity contribution in [1.82, 2.24) is 0 Å². The van der Waals surface area contributed by atoms with Crippen molar-refractivity contribution in [3.63, 3.8) is 0 Å². The van der Waals surface area contributed by atoms with Crippen LogP contribution in [0.5, 0.6) is 0 Å². The lowest BCUT2D eigenvalue weighted by atomic mass is 9.90. The molecule has 0 aromatic heterocycles. The van der Waals surface area contributed by atoms with Crippen LogP contribution in [0.4, 0.5) is 17.1 Å². The number of para-hydroxylation sites is 1. The van der Waals surface area contributed by atoms with Gasteiger partial charge in [-0.1, -0.05) is 188 Å². The largest absolute Gasteiger partial charge is 0.310 e. The molecule has 0 aliphatic carbocycles. The summed E-state index contributed by atoms with van der Waals surface area (Å²) in [6.07, 6.45) is 0. The van der Waals surface area contributed by atoms with Crippen LogP contribution >= 0.6 is 0 Å². The molecule has 0 saturated heterocycles. The highest BCUT2D eigenvalue weighted by atomic mass is 15.1. The normalized spacial score (nSPS) is 11.3. The first-order chi connectivity index (χ1) is 27.3. The number of hydrogen-bond acceptors (Lipinski definition) is 1. The average Bonchev–Trinajstić information content (AvgIpc) is 3.27. The standard InChI is InChI=1S/C54H37N/c1-3-13-38(14-4-1)39-23-25-40(26-24-39)41-27-32-46(33-28-41)55(53-22-12-11-20-49(53)42-15-5-2-6-16-42)47-34-29-44(30-35-47)52-37-45-18-8-9-19-48(45)51-36-31-43-17-7-10-21-50(43)54(51)52/h1-37H. The summed E-state index contributed by atoms with van der Waals surface area (Å²) in [6, 6.07) is 81.3. The molecule has 10 aromatic rings. The van der Waals surface area contributed by atoms with E-state index in [9.17, 15) is 0 Å². The number of nitrogens with zero attached hydrogens (tertiary/aromatic N) is 1. The van der Waals surface area contributed by atoms with Crippen LogP contribution in [0.2, 0.25) is 0 Å². The van der Waals surface area contributed by atoms with Crippen molar-refractivity contribution in [1.29, 1.82) is 0 Å². The molecule has 0 N–H and O–H groups in total. The topological polar surface area (TPSA) is 3.24 Å². The summed E-state index contributed by atoms with van der Waals surface area (Å²) in [5.41, 5.74) is 13.0. The highest BCUT2D eigenvalue weighted by Gasteiger charge is 2.18. The average molecular weight is 700 g/mol. The Morgan fingerprint density at radius 1 is 0.255 bits per heavy atom. The predicted octanol–water partition coefficient (Wildman–Crippen LogP) is 15.3. The van der Waals surface area contributed by atoms with Gasteiger partial charge in [-0.05, 0) is 108 Å². The molecule has 0 saturated carbocycles. The third-order valence-corrected chi connectivity index (χ3v) is 10.9. The fourth-order valence-corrected chi connectivity index (χ4v) is 8.15. The molecular formula is C54H37N. The minimum Gasteiger partial charge on any atom is -0.310 e. The van der Waals surface area contributed by atoms with Gasteiger partial charge in [-0.2, -0.15) is 0 Å². The summed E-state index contributed by atoms with van der Waals surface area (Å²) in [5, 5.41) is 7.63. The van der Waals surface area contributed by atoms with Crippen molar-refractivity contribution in [3.8, 4) is 44.5 Å². The lowest BCUT2D eigenvalue weighted by Gasteiger charge is -2.28. The molecule has 258 valence electrons. The molecule has 0 bridgehead atoms. The summed E-state index contributed by atoms with van der Waals surface area (Å²) in [7, 11) is 0. The molecule has 1 heteroatoms. The Morgan fingerprint density at radius 3 is 1.36 bits per heavy atom. The first kappa shape index (κ1) is 32.4. The fourth-order valence-electron chi connectivity index (χ4n) is 8.15. The van der Waals surface area contributed by atoms with Gasteiger partial charge in [0.1, 0.15) is 0 Å². The van der Waals surface area contributed by atoms with Gasteiger partial charge in [-0.25, -0.2) is 0 Å². The highest BCUT2D eigenvalue weighted by molar-refractivity contribution is 6.23. The third-order valence-electron chi connectivity index (χ3n) is 10.9. The number of fused-ring (bicyclic) bond motifs is 5. The second kappa shape index (κ2) is 14.0. The molecule has 0 aliphatic rings. The van der Waals surface area contributed by atoms with Crippen molar-refractivity contribution < 1.29 is 0 Å². The number of benzene rings is 10. The molecule has 0 spiro atoms. The van der Waals surface area contributed by atoms with Crippen LogP contribution in [0.1, 0.15) is 0 Å². The van der Waals surface area contributed by atoms with Gasteiger partial charge in [0.2, 0.25) is 0 Å². The van der Waals surface area contributed by atoms with Gasteiger partial charge in [0, 0.05) is 16.9 Å². The fraction of sp³-hybridized carbons (Fsp3) is 0. The Bertz CT molecular complexity index is 2930. The van der Waals surface area contributed by atoms with E-state index in [2.05, 4.69) is 229 Å². The van der Waals surface area contributed by atoms with E-state index in [1.807, 2.05) is 0 Å². The van der Waals surface area contributed by atoms with E-state index >= 15 is 0 Å². The smallest absolute Gasteiger partial charge is 0.0540 e. The molecule has 0 aliphatic heterocycles. The summed E-state index contributed by atoms with van der Waals surface area (Å²) in [4.78, 5) is 2.39. The van der Waals surface area contributed by atoms with E-state index in [0.29, 0.717) is 0 Å². The number of rotatable bonds is 7. The summed E-state index contributed by atoms with van der Waals surface area (Å²) in [6.45, 7) is 0. The quantitative estimate of drug-likeness (QED) is 0.150. The van der Waals surface area contributed by atoms with Crippen LogP contribution in [-0.4, -0.2) is 0 Å². The van der Waals surface area contributed by atoms with Crippen molar-refractivity contribution in [2.75, 3.05) is 4.90 Å². The van der Waals surface area contributed by atoms with E-state index in [4.69, 9.17) is 0 Å². The highest BCUT2D eigenvalue weighted by Crippen LogP contribution is 2.44. The minimum atomic E-state index is 1.10. The molecule has 1 nitrogen and oxygen atoms in total. The van der Waals surface area contributed by atoms with Crippen molar-refractivity contribution in [3.05, 3.63) is 224 Å². The Morgan fingerprint density at radius 2 is 0.709 bits per heavy atom. The van der Waals surface area contributed by atoms with E-state index in [-0.39, 0.29) is 0 Å². The third kappa shape index (κ3) is 6.02. The molecule has 0 heterocycles. The van der Waals surface area contributed by atoms with Crippen LogP contribution in [0.25, 0.3) is 76.8 Å². The molecule has 0 atom stereocenters. The van der Waals surface area contributed by atoms with Gasteiger partial charge >= 0.3 is 0 Å². The molecule has 0 fully saturated rings. The maximum atomic E-state index is 2.39. The Kier molecular flexibility index (Phi) is 8.24. The summed E-state index contributed by atoms with van der Waals surface area (Å²) >= 11 is 0. The van der Waals surface area contributed by atoms with Crippen LogP contribution in [0.15, 0.2) is 224 Å². The Hall–Kier alpha value is -7.22. The van der Waals surface area contributed by atoms with Crippen molar-refractivity contribution in [2.45, 2.75) is 0 Å². The first-order valence-electron chi connectivity index (χ1n) is 18.9. The maximum absolute atomic E-state index is 2.39. The summed E-state index contributed by atoms with van der Waals surface area (Å²) in [5.74, 6) is 0. The second-order valence-corrected chi connectivity index (χ2v) is 14.1. The molecule has 10 aromatic carbocycles. The van der Waals surface area contributed by atoms with E-state index in [1.165, 1.54) is 76.8 Å². The van der Waals surface area contributed by atoms with Gasteiger partial charge < -0.3 is 4.90 Å². The second-order valence-electron chi connectivity index (χ2n) is 14.1. The minimum absolute atomic E-state index is 1.10. The number of hydrogen-bond donors (Lipinski definition) is 0. The van der Waals surface area contributed by atoms with Crippen LogP contribution in [0, 0.1) is 0 Å². The molecule has 0 radical (unpaired) electrons. The zero-order valence-corrected chi connectivity index (χ0v) is 30.3. The molecule has 0 unspecified atom stereocenters. The lowest BCUT2D eigenvalue weighted by molar-refractivity contribution is 1.28. The maximum Gasteiger partial charge on any atom is 0.0540 e. The van der Waals surface area contributed by atoms with Crippen LogP contribution < -0.4 is 4.90 Å². The van der Waals surface area contributed by atoms with Crippen molar-refractivity contribution >= 4 is 49.4 Å². The van der Waals surface area contributed by atoms with Crippen LogP contribution in [-0.2, 0) is 0 Å². The predicted molar refractivity (Wildman–Crippen MR) is 235 cm³/mol. The lowest BCUT2D eigenvalue weighted by Crippen LogP contribution is -2.11. The number of anilines is 3. The van der Waals surface area contributed by atoms with E-state index < -0.39 is 0 Å². The molecule has 0 amide bonds. The molecule has 10 rings (SSSR count). The molecule has 55 heavy (non-hydrogen) atoms. The van der Waals surface area contributed by atoms with Gasteiger partial charge in [-0.15, -0.1) is 0 Å². The first-order valence-corrected chi connectivity index (χ1v) is 18.9. The van der Waals surface area contributed by atoms with E-state index in [1.54, 1.807) is 0 Å². The van der Waals surface area contributed by atoms with Crippen molar-refractivity contribution in [2.24, 2.45) is 0 Å². The van der Waals surface area contributed by atoms with Crippen LogP contribution in [0.3, 0.4) is 0 Å². The van der Waals surface area contributed by atoms with E-state index in [0.717, 1.165) is 17.1 Å². The van der Waals surface area contributed by atoms with Gasteiger partial charge in [0.05, 0.1) is 5.69 Å². The van der Waals surface area contributed by atoms with Gasteiger partial charge in [-0.3, -0.25) is 0 Å². The zero-order valence-electron chi connectivity index (χ0n) is 30.3. The van der Waals surface area contributed by atoms with Gasteiger partial charge in [0.25, 0.3) is 0 Å². The zero-order chi connectivity index (χ0) is 36.6. The monoisotopic (exact) mass is 699 g/mol. The Labute approximate surface area is 322 Å².